The predicted molar refractivity (Wildman–Crippen MR) is 80.8 cm³/mol. The van der Waals surface area contributed by atoms with Gasteiger partial charge in [0.1, 0.15) is 5.75 Å². The molecule has 1 atom stereocenters. The van der Waals surface area contributed by atoms with Gasteiger partial charge in [-0.25, -0.2) is 0 Å². The Morgan fingerprint density at radius 2 is 2.42 bits per heavy atom. The summed E-state index contributed by atoms with van der Waals surface area (Å²) in [5.41, 5.74) is 0.927. The fraction of sp³-hybridized carbons (Fsp3) is 0.500. The highest BCUT2D eigenvalue weighted by molar-refractivity contribution is 7.80. The molecular weight excluding hydrogens is 260 g/mol. The largest absolute Gasteiger partial charge is 0.494 e. The monoisotopic (exact) mass is 280 g/mol. The molecular formula is C14H20N2O2S. The molecule has 2 rings (SSSR count). The second-order valence-corrected chi connectivity index (χ2v) is 4.84. The van der Waals surface area contributed by atoms with Gasteiger partial charge in [0.05, 0.1) is 12.7 Å². The Balaban J connectivity index is 1.79. The Kier molecular flexibility index (Phi) is 5.42. The number of thiocarbonyl (C=S) groups is 1. The number of hydrogen-bond acceptors (Lipinski definition) is 3. The first-order valence-electron chi connectivity index (χ1n) is 6.67. The lowest BCUT2D eigenvalue weighted by Gasteiger charge is -2.14. The zero-order valence-electron chi connectivity index (χ0n) is 11.1. The first kappa shape index (κ1) is 14.1. The fourth-order valence-electron chi connectivity index (χ4n) is 2.02. The topological polar surface area (TPSA) is 42.5 Å². The maximum Gasteiger partial charge on any atom is 0.170 e. The first-order valence-corrected chi connectivity index (χ1v) is 7.08. The SMILES string of the molecule is CCOc1cccc(NC(=S)NC[C@@H]2CCCO2)c1. The molecule has 19 heavy (non-hydrogen) atoms. The highest BCUT2D eigenvalue weighted by atomic mass is 32.1. The van der Waals surface area contributed by atoms with Gasteiger partial charge in [-0.15, -0.1) is 0 Å². The van der Waals surface area contributed by atoms with Gasteiger partial charge < -0.3 is 20.1 Å². The molecule has 1 heterocycles. The Morgan fingerprint density at radius 1 is 1.53 bits per heavy atom. The van der Waals surface area contributed by atoms with E-state index >= 15 is 0 Å². The van der Waals surface area contributed by atoms with Gasteiger partial charge in [0.15, 0.2) is 5.11 Å². The molecule has 0 bridgehead atoms. The van der Waals surface area contributed by atoms with Crippen molar-refractivity contribution in [1.82, 2.24) is 5.32 Å². The third-order valence-electron chi connectivity index (χ3n) is 2.92. The van der Waals surface area contributed by atoms with E-state index < -0.39 is 0 Å². The van der Waals surface area contributed by atoms with E-state index in [9.17, 15) is 0 Å². The highest BCUT2D eigenvalue weighted by Gasteiger charge is 2.15. The number of benzene rings is 1. The van der Waals surface area contributed by atoms with Crippen LogP contribution in [0.15, 0.2) is 24.3 Å². The van der Waals surface area contributed by atoms with Gasteiger partial charge >= 0.3 is 0 Å². The van der Waals surface area contributed by atoms with Crippen LogP contribution in [-0.4, -0.2) is 31.0 Å². The second kappa shape index (κ2) is 7.31. The highest BCUT2D eigenvalue weighted by Crippen LogP contribution is 2.17. The van der Waals surface area contributed by atoms with Crippen LogP contribution in [0.2, 0.25) is 0 Å². The minimum absolute atomic E-state index is 0.287. The second-order valence-electron chi connectivity index (χ2n) is 4.43. The molecule has 0 spiro atoms. The smallest absolute Gasteiger partial charge is 0.170 e. The van der Waals surface area contributed by atoms with Crippen molar-refractivity contribution < 1.29 is 9.47 Å². The average molecular weight is 280 g/mol. The number of ether oxygens (including phenoxy) is 2. The number of rotatable bonds is 5. The van der Waals surface area contributed by atoms with Crippen LogP contribution in [-0.2, 0) is 4.74 Å². The van der Waals surface area contributed by atoms with Crippen molar-refractivity contribution in [2.75, 3.05) is 25.1 Å². The molecule has 1 aliphatic heterocycles. The summed E-state index contributed by atoms with van der Waals surface area (Å²) in [6, 6.07) is 7.76. The zero-order valence-corrected chi connectivity index (χ0v) is 12.0. The summed E-state index contributed by atoms with van der Waals surface area (Å²) in [4.78, 5) is 0. The third kappa shape index (κ3) is 4.69. The summed E-state index contributed by atoms with van der Waals surface area (Å²) in [6.45, 7) is 4.25. The van der Waals surface area contributed by atoms with Crippen molar-refractivity contribution in [3.05, 3.63) is 24.3 Å². The van der Waals surface area contributed by atoms with Gasteiger partial charge in [0.25, 0.3) is 0 Å². The molecule has 1 aromatic carbocycles. The molecule has 104 valence electrons. The van der Waals surface area contributed by atoms with E-state index in [1.165, 1.54) is 0 Å². The van der Waals surface area contributed by atoms with Crippen LogP contribution >= 0.6 is 12.2 Å². The zero-order chi connectivity index (χ0) is 13.5. The Morgan fingerprint density at radius 3 is 3.16 bits per heavy atom. The molecule has 1 fully saturated rings. The van der Waals surface area contributed by atoms with Crippen LogP contribution in [0.25, 0.3) is 0 Å². The summed E-state index contributed by atoms with van der Waals surface area (Å²) < 4.78 is 11.0. The molecule has 2 N–H and O–H groups in total. The standard InChI is InChI=1S/C14H20N2O2S/c1-2-17-12-6-3-5-11(9-12)16-14(19)15-10-13-7-4-8-18-13/h3,5-6,9,13H,2,4,7-8,10H2,1H3,(H2,15,16,19)/t13-/m0/s1. The fourth-order valence-corrected chi connectivity index (χ4v) is 2.22. The molecule has 1 aliphatic rings. The van der Waals surface area contributed by atoms with Crippen molar-refractivity contribution in [2.24, 2.45) is 0 Å². The summed E-state index contributed by atoms with van der Waals surface area (Å²) in [5.74, 6) is 0.842. The van der Waals surface area contributed by atoms with Crippen LogP contribution in [0.5, 0.6) is 5.75 Å². The molecule has 0 amide bonds. The van der Waals surface area contributed by atoms with Crippen molar-refractivity contribution in [3.63, 3.8) is 0 Å². The molecule has 0 unspecified atom stereocenters. The van der Waals surface area contributed by atoms with Crippen LogP contribution < -0.4 is 15.4 Å². The molecule has 1 saturated heterocycles. The lowest BCUT2D eigenvalue weighted by Crippen LogP contribution is -2.34. The minimum Gasteiger partial charge on any atom is -0.494 e. The average Bonchev–Trinajstić information content (AvgIpc) is 2.90. The maximum atomic E-state index is 5.53. The van der Waals surface area contributed by atoms with Crippen molar-refractivity contribution >= 4 is 23.0 Å². The van der Waals surface area contributed by atoms with Gasteiger partial charge in [0, 0.05) is 24.9 Å². The first-order chi connectivity index (χ1) is 9.28. The van der Waals surface area contributed by atoms with E-state index in [-0.39, 0.29) is 6.10 Å². The summed E-state index contributed by atoms with van der Waals surface area (Å²) in [7, 11) is 0. The summed E-state index contributed by atoms with van der Waals surface area (Å²) >= 11 is 5.26. The number of nitrogens with one attached hydrogen (secondary N) is 2. The lowest BCUT2D eigenvalue weighted by molar-refractivity contribution is 0.114. The minimum atomic E-state index is 0.287. The van der Waals surface area contributed by atoms with E-state index in [0.29, 0.717) is 11.7 Å². The van der Waals surface area contributed by atoms with Crippen molar-refractivity contribution in [2.45, 2.75) is 25.9 Å². The molecule has 0 radical (unpaired) electrons. The van der Waals surface area contributed by atoms with E-state index in [2.05, 4.69) is 10.6 Å². The normalized spacial score (nSPS) is 18.1. The Hall–Kier alpha value is -1.33. The molecule has 4 nitrogen and oxygen atoms in total. The van der Waals surface area contributed by atoms with Crippen LogP contribution in [0.3, 0.4) is 0 Å². The van der Waals surface area contributed by atoms with Gasteiger partial charge in [-0.05, 0) is 44.1 Å². The van der Waals surface area contributed by atoms with E-state index in [4.69, 9.17) is 21.7 Å². The van der Waals surface area contributed by atoms with Gasteiger partial charge in [-0.2, -0.15) is 0 Å². The Bertz CT molecular complexity index is 420. The van der Waals surface area contributed by atoms with Crippen LogP contribution in [0.4, 0.5) is 5.69 Å². The van der Waals surface area contributed by atoms with Crippen molar-refractivity contribution in [3.8, 4) is 5.75 Å². The number of hydrogen-bond donors (Lipinski definition) is 2. The molecule has 0 aromatic heterocycles. The molecule has 5 heteroatoms. The van der Waals surface area contributed by atoms with Gasteiger partial charge in [-0.3, -0.25) is 0 Å². The van der Waals surface area contributed by atoms with Crippen LogP contribution in [0, 0.1) is 0 Å². The third-order valence-corrected chi connectivity index (χ3v) is 3.16. The molecule has 1 aromatic rings. The Labute approximate surface area is 119 Å². The van der Waals surface area contributed by atoms with E-state index in [0.717, 1.165) is 37.4 Å². The van der Waals surface area contributed by atoms with E-state index in [1.54, 1.807) is 0 Å². The quantitative estimate of drug-likeness (QED) is 0.811. The number of anilines is 1. The molecule has 0 aliphatic carbocycles. The van der Waals surface area contributed by atoms with Gasteiger partial charge in [-0.1, -0.05) is 6.07 Å². The van der Waals surface area contributed by atoms with Crippen LogP contribution in [0.1, 0.15) is 19.8 Å². The summed E-state index contributed by atoms with van der Waals surface area (Å²) in [6.07, 6.45) is 2.53. The van der Waals surface area contributed by atoms with Crippen molar-refractivity contribution in [1.29, 1.82) is 0 Å². The predicted octanol–water partition coefficient (Wildman–Crippen LogP) is 2.55. The maximum absolute atomic E-state index is 5.53. The lowest BCUT2D eigenvalue weighted by atomic mass is 10.2. The summed E-state index contributed by atoms with van der Waals surface area (Å²) in [5, 5.41) is 6.94. The molecule has 0 saturated carbocycles. The van der Waals surface area contributed by atoms with Gasteiger partial charge in [0.2, 0.25) is 0 Å². The van der Waals surface area contributed by atoms with E-state index in [1.807, 2.05) is 31.2 Å².